The van der Waals surface area contributed by atoms with Gasteiger partial charge in [-0.3, -0.25) is 9.59 Å². The first-order valence-corrected chi connectivity index (χ1v) is 8.72. The van der Waals surface area contributed by atoms with Gasteiger partial charge in [0, 0.05) is 17.4 Å². The fourth-order valence-electron chi connectivity index (χ4n) is 3.49. The lowest BCUT2D eigenvalue weighted by Crippen LogP contribution is -2.43. The molecule has 0 saturated heterocycles. The van der Waals surface area contributed by atoms with Crippen LogP contribution >= 0.6 is 0 Å². The van der Waals surface area contributed by atoms with Gasteiger partial charge in [0.05, 0.1) is 0 Å². The molecule has 0 fully saturated rings. The normalized spacial score (nSPS) is 16.0. The zero-order valence-corrected chi connectivity index (χ0v) is 15.2. The Kier molecular flexibility index (Phi) is 4.62. The lowest BCUT2D eigenvalue weighted by Gasteiger charge is -2.23. The van der Waals surface area contributed by atoms with E-state index in [9.17, 15) is 9.59 Å². The first kappa shape index (κ1) is 17.2. The molecule has 0 radical (unpaired) electrons. The first-order valence-electron chi connectivity index (χ1n) is 8.72. The number of para-hydroxylation sites is 2. The van der Waals surface area contributed by atoms with Crippen molar-refractivity contribution in [3.05, 3.63) is 59.2 Å². The third-order valence-corrected chi connectivity index (χ3v) is 4.79. The molecule has 1 atom stereocenters. The molecule has 0 aromatic heterocycles. The summed E-state index contributed by atoms with van der Waals surface area (Å²) in [7, 11) is 0. The fraction of sp³-hybridized carbons (Fsp3) is 0.333. The third kappa shape index (κ3) is 3.16. The molecule has 3 rings (SSSR count). The number of carbonyl (C=O) groups excluding carboxylic acids is 2. The minimum absolute atomic E-state index is 0.0166. The predicted molar refractivity (Wildman–Crippen MR) is 101 cm³/mol. The lowest BCUT2D eigenvalue weighted by molar-refractivity contribution is -0.134. The molecule has 2 amide bonds. The number of carbonyl (C=O) groups is 2. The van der Waals surface area contributed by atoms with Crippen molar-refractivity contribution in [1.82, 2.24) is 0 Å². The molecule has 0 bridgehead atoms. The number of rotatable bonds is 2. The van der Waals surface area contributed by atoms with Crippen molar-refractivity contribution in [1.29, 1.82) is 0 Å². The van der Waals surface area contributed by atoms with Gasteiger partial charge in [-0.05, 0) is 48.9 Å². The largest absolute Gasteiger partial charge is 0.317 e. The Balaban J connectivity index is 1.87. The van der Waals surface area contributed by atoms with Gasteiger partial charge >= 0.3 is 11.8 Å². The standard InChI is InChI=1S/C21H24N2O2/c1-13(2)17-10-7-8-14(3)19(17)22-20(24)21(25)23-15(4)12-16-9-5-6-11-18(16)23/h5-11,13,15H,12H2,1-4H3,(H,22,24). The summed E-state index contributed by atoms with van der Waals surface area (Å²) in [6.07, 6.45) is 0.775. The molecule has 0 spiro atoms. The number of benzene rings is 2. The van der Waals surface area contributed by atoms with Crippen LogP contribution in [0.3, 0.4) is 0 Å². The Labute approximate surface area is 148 Å². The number of anilines is 2. The van der Waals surface area contributed by atoms with Crippen molar-refractivity contribution in [3.8, 4) is 0 Å². The first-order chi connectivity index (χ1) is 11.9. The van der Waals surface area contributed by atoms with E-state index >= 15 is 0 Å². The maximum absolute atomic E-state index is 12.8. The number of aryl methyl sites for hydroxylation is 1. The molecule has 2 aromatic carbocycles. The predicted octanol–water partition coefficient (Wildman–Crippen LogP) is 4.03. The maximum Gasteiger partial charge on any atom is 0.316 e. The summed E-state index contributed by atoms with van der Waals surface area (Å²) in [6.45, 7) is 8.06. The van der Waals surface area contributed by atoms with Gasteiger partial charge in [0.1, 0.15) is 0 Å². The van der Waals surface area contributed by atoms with E-state index in [1.54, 1.807) is 4.90 Å². The van der Waals surface area contributed by atoms with Crippen LogP contribution in [-0.2, 0) is 16.0 Å². The summed E-state index contributed by atoms with van der Waals surface area (Å²) in [5, 5.41) is 2.86. The second-order valence-electron chi connectivity index (χ2n) is 7.00. The molecule has 0 saturated carbocycles. The number of hydrogen-bond acceptors (Lipinski definition) is 2. The molecule has 0 aliphatic carbocycles. The van der Waals surface area contributed by atoms with Gasteiger partial charge < -0.3 is 10.2 Å². The average molecular weight is 336 g/mol. The summed E-state index contributed by atoms with van der Waals surface area (Å²) in [5.74, 6) is -0.827. The maximum atomic E-state index is 12.8. The highest BCUT2D eigenvalue weighted by molar-refractivity contribution is 6.44. The van der Waals surface area contributed by atoms with E-state index in [2.05, 4.69) is 19.2 Å². The number of hydrogen-bond donors (Lipinski definition) is 1. The Hall–Kier alpha value is -2.62. The summed E-state index contributed by atoms with van der Waals surface area (Å²) in [5.41, 5.74) is 4.69. The molecule has 1 N–H and O–H groups in total. The van der Waals surface area contributed by atoms with Crippen molar-refractivity contribution in [2.45, 2.75) is 46.1 Å². The van der Waals surface area contributed by atoms with E-state index in [-0.39, 0.29) is 12.0 Å². The van der Waals surface area contributed by atoms with E-state index in [1.165, 1.54) is 0 Å². The van der Waals surface area contributed by atoms with Crippen LogP contribution in [0.1, 0.15) is 43.4 Å². The summed E-state index contributed by atoms with van der Waals surface area (Å²) >= 11 is 0. The molecule has 1 aliphatic rings. The van der Waals surface area contributed by atoms with Crippen LogP contribution in [-0.4, -0.2) is 17.9 Å². The highest BCUT2D eigenvalue weighted by Gasteiger charge is 2.34. The number of amides is 2. The van der Waals surface area contributed by atoms with Gasteiger partial charge in [0.25, 0.3) is 0 Å². The van der Waals surface area contributed by atoms with Crippen LogP contribution in [0.25, 0.3) is 0 Å². The number of fused-ring (bicyclic) bond motifs is 1. The van der Waals surface area contributed by atoms with Crippen molar-refractivity contribution in [2.75, 3.05) is 10.2 Å². The van der Waals surface area contributed by atoms with E-state index in [1.807, 2.05) is 56.3 Å². The van der Waals surface area contributed by atoms with Gasteiger partial charge in [-0.15, -0.1) is 0 Å². The summed E-state index contributed by atoms with van der Waals surface area (Å²) in [4.78, 5) is 27.1. The molecule has 130 valence electrons. The molecule has 4 heteroatoms. The van der Waals surface area contributed by atoms with Crippen molar-refractivity contribution >= 4 is 23.2 Å². The molecule has 2 aromatic rings. The Bertz CT molecular complexity index is 826. The van der Waals surface area contributed by atoms with Gasteiger partial charge in [-0.2, -0.15) is 0 Å². The highest BCUT2D eigenvalue weighted by Crippen LogP contribution is 2.32. The van der Waals surface area contributed by atoms with Crippen LogP contribution in [0, 0.1) is 6.92 Å². The molecule has 25 heavy (non-hydrogen) atoms. The molecule has 4 nitrogen and oxygen atoms in total. The van der Waals surface area contributed by atoms with Crippen LogP contribution < -0.4 is 10.2 Å². The fourth-order valence-corrected chi connectivity index (χ4v) is 3.49. The van der Waals surface area contributed by atoms with E-state index < -0.39 is 11.8 Å². The zero-order valence-electron chi connectivity index (χ0n) is 15.2. The van der Waals surface area contributed by atoms with Crippen molar-refractivity contribution < 1.29 is 9.59 Å². The molecular weight excluding hydrogens is 312 g/mol. The zero-order chi connectivity index (χ0) is 18.1. The Morgan fingerprint density at radius 2 is 1.84 bits per heavy atom. The van der Waals surface area contributed by atoms with E-state index in [0.29, 0.717) is 0 Å². The second-order valence-corrected chi connectivity index (χ2v) is 7.00. The second kappa shape index (κ2) is 6.71. The average Bonchev–Trinajstić information content (AvgIpc) is 2.91. The Morgan fingerprint density at radius 1 is 1.12 bits per heavy atom. The van der Waals surface area contributed by atoms with Crippen molar-refractivity contribution in [3.63, 3.8) is 0 Å². The Morgan fingerprint density at radius 3 is 2.56 bits per heavy atom. The monoisotopic (exact) mass is 336 g/mol. The van der Waals surface area contributed by atoms with Gasteiger partial charge in [-0.25, -0.2) is 0 Å². The van der Waals surface area contributed by atoms with Gasteiger partial charge in [0.2, 0.25) is 0 Å². The number of nitrogens with zero attached hydrogens (tertiary/aromatic N) is 1. The quantitative estimate of drug-likeness (QED) is 0.842. The van der Waals surface area contributed by atoms with Gasteiger partial charge in [0.15, 0.2) is 0 Å². The molecular formula is C21H24N2O2. The van der Waals surface area contributed by atoms with E-state index in [0.717, 1.165) is 34.5 Å². The van der Waals surface area contributed by atoms with E-state index in [4.69, 9.17) is 0 Å². The summed E-state index contributed by atoms with van der Waals surface area (Å²) < 4.78 is 0. The van der Waals surface area contributed by atoms with Crippen LogP contribution in [0.4, 0.5) is 11.4 Å². The van der Waals surface area contributed by atoms with Crippen molar-refractivity contribution in [2.24, 2.45) is 0 Å². The highest BCUT2D eigenvalue weighted by atomic mass is 16.2. The smallest absolute Gasteiger partial charge is 0.316 e. The third-order valence-electron chi connectivity index (χ3n) is 4.79. The number of nitrogens with one attached hydrogen (secondary N) is 1. The summed E-state index contributed by atoms with van der Waals surface area (Å²) in [6, 6.07) is 13.7. The van der Waals surface area contributed by atoms with Crippen LogP contribution in [0.5, 0.6) is 0 Å². The topological polar surface area (TPSA) is 49.4 Å². The minimum Gasteiger partial charge on any atom is -0.317 e. The SMILES string of the molecule is Cc1cccc(C(C)C)c1NC(=O)C(=O)N1c2ccccc2CC1C. The van der Waals surface area contributed by atoms with Crippen LogP contribution in [0.2, 0.25) is 0 Å². The van der Waals surface area contributed by atoms with Crippen LogP contribution in [0.15, 0.2) is 42.5 Å². The molecule has 1 unspecified atom stereocenters. The van der Waals surface area contributed by atoms with Gasteiger partial charge in [-0.1, -0.05) is 50.2 Å². The molecule has 1 aliphatic heterocycles. The minimum atomic E-state index is -0.584. The lowest BCUT2D eigenvalue weighted by atomic mass is 9.98. The molecule has 1 heterocycles.